The summed E-state index contributed by atoms with van der Waals surface area (Å²) in [7, 11) is -3.41. The Labute approximate surface area is 254 Å². The molecule has 0 aliphatic carbocycles. The number of sulfonamides is 1. The van der Waals surface area contributed by atoms with Crippen LogP contribution < -0.4 is 0 Å². The molecular formula is C26H33F6N5O7S. The number of carbonyl (C=O) groups excluding carboxylic acids is 1. The Kier molecular flexibility index (Phi) is 12.1. The fourth-order valence-electron chi connectivity index (χ4n) is 5.11. The maximum absolute atomic E-state index is 14.0. The highest BCUT2D eigenvalue weighted by molar-refractivity contribution is 7.89. The van der Waals surface area contributed by atoms with Crippen LogP contribution in [0.3, 0.4) is 0 Å². The van der Waals surface area contributed by atoms with E-state index in [-0.39, 0.29) is 30.2 Å². The zero-order chi connectivity index (χ0) is 34.4. The van der Waals surface area contributed by atoms with E-state index in [9.17, 15) is 39.6 Å². The van der Waals surface area contributed by atoms with Crippen LogP contribution in [-0.2, 0) is 31.0 Å². The van der Waals surface area contributed by atoms with Crippen LogP contribution in [0.15, 0.2) is 36.8 Å². The first kappa shape index (κ1) is 37.4. The average Bonchev–Trinajstić information content (AvgIpc) is 3.58. The van der Waals surface area contributed by atoms with Gasteiger partial charge in [0.15, 0.2) is 0 Å². The predicted octanol–water partition coefficient (Wildman–Crippen LogP) is 3.68. The molecule has 0 radical (unpaired) electrons. The molecule has 12 nitrogen and oxygen atoms in total. The molecule has 19 heteroatoms. The van der Waals surface area contributed by atoms with E-state index in [2.05, 4.69) is 23.9 Å². The second kappa shape index (κ2) is 14.6. The molecule has 45 heavy (non-hydrogen) atoms. The lowest BCUT2D eigenvalue weighted by molar-refractivity contribution is -0.193. The van der Waals surface area contributed by atoms with Crippen LogP contribution in [0.5, 0.6) is 0 Å². The number of hydrogen-bond donors (Lipinski definition) is 2. The van der Waals surface area contributed by atoms with Crippen molar-refractivity contribution in [3.8, 4) is 0 Å². The molecule has 4 rings (SSSR count). The third kappa shape index (κ3) is 9.38. The largest absolute Gasteiger partial charge is 0.490 e. The van der Waals surface area contributed by atoms with Gasteiger partial charge in [-0.25, -0.2) is 22.3 Å². The van der Waals surface area contributed by atoms with Gasteiger partial charge in [-0.1, -0.05) is 6.07 Å². The van der Waals surface area contributed by atoms with Gasteiger partial charge in [0.1, 0.15) is 0 Å². The van der Waals surface area contributed by atoms with Crippen LogP contribution in [0.1, 0.15) is 56.8 Å². The molecule has 0 saturated carbocycles. The Morgan fingerprint density at radius 3 is 2.11 bits per heavy atom. The minimum atomic E-state index is -5.08. The van der Waals surface area contributed by atoms with Crippen molar-refractivity contribution < 1.29 is 59.4 Å². The summed E-state index contributed by atoms with van der Waals surface area (Å²) < 4.78 is 92.6. The van der Waals surface area contributed by atoms with Crippen molar-refractivity contribution in [2.75, 3.05) is 25.4 Å². The smallest absolute Gasteiger partial charge is 0.475 e. The summed E-state index contributed by atoms with van der Waals surface area (Å²) in [6, 6.07) is 5.91. The van der Waals surface area contributed by atoms with E-state index in [0.717, 1.165) is 17.7 Å². The Balaban J connectivity index is 0.000000421. The van der Waals surface area contributed by atoms with E-state index < -0.39 is 39.7 Å². The van der Waals surface area contributed by atoms with Gasteiger partial charge in [0, 0.05) is 62.4 Å². The number of likely N-dealkylation sites (tertiary alicyclic amines) is 1. The first-order chi connectivity index (χ1) is 20.7. The van der Waals surface area contributed by atoms with Crippen molar-refractivity contribution in [2.24, 2.45) is 5.41 Å². The Morgan fingerprint density at radius 2 is 1.64 bits per heavy atom. The van der Waals surface area contributed by atoms with E-state index in [1.165, 1.54) is 4.31 Å². The molecule has 2 aromatic rings. The van der Waals surface area contributed by atoms with E-state index in [1.807, 2.05) is 27.8 Å². The molecule has 2 aliphatic rings. The molecule has 2 aromatic heterocycles. The summed E-state index contributed by atoms with van der Waals surface area (Å²) in [5.74, 6) is -5.66. The Bertz CT molecular complexity index is 1410. The highest BCUT2D eigenvalue weighted by atomic mass is 32.2. The molecule has 0 aromatic carbocycles. The summed E-state index contributed by atoms with van der Waals surface area (Å²) in [6.07, 6.45) is -3.39. The second-order valence-corrected chi connectivity index (χ2v) is 12.8. The van der Waals surface area contributed by atoms with Crippen LogP contribution in [0.4, 0.5) is 26.3 Å². The number of piperidine rings is 1. The first-order valence-electron chi connectivity index (χ1n) is 13.5. The summed E-state index contributed by atoms with van der Waals surface area (Å²) >= 11 is 0. The second-order valence-electron chi connectivity index (χ2n) is 10.5. The van der Waals surface area contributed by atoms with Gasteiger partial charge in [-0.2, -0.15) is 31.4 Å². The number of pyridine rings is 1. The molecule has 2 aliphatic heterocycles. The number of carboxylic acid groups (broad SMARTS) is 2. The number of hydrogen-bond acceptors (Lipinski definition) is 7. The van der Waals surface area contributed by atoms with Crippen LogP contribution in [0.25, 0.3) is 0 Å². The van der Waals surface area contributed by atoms with Gasteiger partial charge in [-0.3, -0.25) is 14.5 Å². The molecule has 4 heterocycles. The molecule has 0 unspecified atom stereocenters. The van der Waals surface area contributed by atoms with E-state index >= 15 is 0 Å². The zero-order valence-electron chi connectivity index (χ0n) is 24.4. The van der Waals surface area contributed by atoms with Gasteiger partial charge >= 0.3 is 24.3 Å². The van der Waals surface area contributed by atoms with Gasteiger partial charge in [0.2, 0.25) is 15.9 Å². The lowest BCUT2D eigenvalue weighted by atomic mass is 9.70. The van der Waals surface area contributed by atoms with Crippen molar-refractivity contribution >= 4 is 27.9 Å². The molecule has 1 spiro atoms. The van der Waals surface area contributed by atoms with Crippen LogP contribution >= 0.6 is 0 Å². The van der Waals surface area contributed by atoms with Crippen molar-refractivity contribution in [3.05, 3.63) is 48.0 Å². The molecule has 2 atom stereocenters. The van der Waals surface area contributed by atoms with E-state index in [0.29, 0.717) is 26.1 Å². The van der Waals surface area contributed by atoms with Gasteiger partial charge in [-0.05, 0) is 51.3 Å². The lowest BCUT2D eigenvalue weighted by Gasteiger charge is -2.42. The lowest BCUT2D eigenvalue weighted by Crippen LogP contribution is -2.52. The third-order valence-corrected chi connectivity index (χ3v) is 8.96. The molecule has 2 N–H and O–H groups in total. The number of amides is 1. The summed E-state index contributed by atoms with van der Waals surface area (Å²) in [6.45, 7) is 7.48. The number of halogens is 6. The van der Waals surface area contributed by atoms with Gasteiger partial charge < -0.3 is 15.1 Å². The van der Waals surface area contributed by atoms with Crippen LogP contribution in [0.2, 0.25) is 0 Å². The topological polar surface area (TPSA) is 163 Å². The average molecular weight is 674 g/mol. The quantitative estimate of drug-likeness (QED) is 0.436. The minimum Gasteiger partial charge on any atom is -0.475 e. The van der Waals surface area contributed by atoms with Gasteiger partial charge in [-0.15, -0.1) is 0 Å². The number of carboxylic acids is 2. The Hall–Kier alpha value is -3.74. The summed E-state index contributed by atoms with van der Waals surface area (Å²) in [5.41, 5.74) is 1.16. The highest BCUT2D eigenvalue weighted by Crippen LogP contribution is 2.50. The number of aromatic nitrogens is 3. The van der Waals surface area contributed by atoms with Crippen molar-refractivity contribution in [1.29, 1.82) is 0 Å². The summed E-state index contributed by atoms with van der Waals surface area (Å²) in [5, 5.41) is 18.7. The minimum absolute atomic E-state index is 0.0346. The number of rotatable bonds is 6. The van der Waals surface area contributed by atoms with Gasteiger partial charge in [0.25, 0.3) is 0 Å². The number of alkyl halides is 6. The van der Waals surface area contributed by atoms with Crippen LogP contribution in [-0.4, -0.2) is 98.2 Å². The van der Waals surface area contributed by atoms with Gasteiger partial charge in [0.05, 0.1) is 11.2 Å². The first-order valence-corrected chi connectivity index (χ1v) is 15.1. The SMILES string of the molecule is CCS(=O)(=O)N1C[C@@H](c2ccnn2C(C)C)[C@@]2(CCCN(Cc3cccnc3)C2=O)C1.O=C(O)C(F)(F)F.O=C(O)C(F)(F)F. The van der Waals surface area contributed by atoms with E-state index in [4.69, 9.17) is 19.8 Å². The molecular weight excluding hydrogens is 640 g/mol. The zero-order valence-corrected chi connectivity index (χ0v) is 25.2. The number of nitrogens with zero attached hydrogens (tertiary/aromatic N) is 5. The standard InChI is InChI=1S/C22H31N5O3S.2C2HF3O2/c1-4-31(29,30)26-15-19(20-8-11-24-27(20)17(2)3)22(16-26)9-6-12-25(21(22)28)14-18-7-5-10-23-13-18;2*3-2(4,5)1(6)7/h5,7-8,10-11,13,17,19H,4,6,9,12,14-16H2,1-3H3;2*(H,6,7)/t19-,22+;;/m0../s1. The number of carbonyl (C=O) groups is 3. The molecule has 1 amide bonds. The molecule has 2 saturated heterocycles. The normalized spacial score (nSPS) is 20.8. The maximum Gasteiger partial charge on any atom is 0.490 e. The maximum atomic E-state index is 14.0. The molecule has 0 bridgehead atoms. The molecule has 2 fully saturated rings. The fraction of sp³-hybridized carbons (Fsp3) is 0.577. The fourth-order valence-corrected chi connectivity index (χ4v) is 6.28. The van der Waals surface area contributed by atoms with Crippen LogP contribution in [0, 0.1) is 5.41 Å². The third-order valence-electron chi connectivity index (χ3n) is 7.16. The summed E-state index contributed by atoms with van der Waals surface area (Å²) in [4.78, 5) is 37.8. The monoisotopic (exact) mass is 673 g/mol. The Morgan fingerprint density at radius 1 is 1.07 bits per heavy atom. The van der Waals surface area contributed by atoms with E-state index in [1.54, 1.807) is 25.5 Å². The van der Waals surface area contributed by atoms with Crippen molar-refractivity contribution in [3.63, 3.8) is 0 Å². The number of aliphatic carboxylic acids is 2. The predicted molar refractivity (Wildman–Crippen MR) is 145 cm³/mol. The van der Waals surface area contributed by atoms with Crippen molar-refractivity contribution in [2.45, 2.75) is 64.5 Å². The van der Waals surface area contributed by atoms with Crippen molar-refractivity contribution in [1.82, 2.24) is 24.0 Å². The highest BCUT2D eigenvalue weighted by Gasteiger charge is 2.58. The molecule has 252 valence electrons.